The minimum Gasteiger partial charge on any atom is -0.508 e. The summed E-state index contributed by atoms with van der Waals surface area (Å²) >= 11 is 0. The maximum Gasteiger partial charge on any atom is 0.241 e. The van der Waals surface area contributed by atoms with Gasteiger partial charge in [-0.1, -0.05) is 30.3 Å². The SMILES string of the molecule is Cc1cc(O)ccc1NC(=O)[C@@H]1CCCN1Cc1ccccc1. The van der Waals surface area contributed by atoms with Crippen LogP contribution in [0, 0.1) is 6.92 Å². The molecule has 2 N–H and O–H groups in total. The molecular weight excluding hydrogens is 288 g/mol. The lowest BCUT2D eigenvalue weighted by molar-refractivity contribution is -0.120. The highest BCUT2D eigenvalue weighted by atomic mass is 16.3. The lowest BCUT2D eigenvalue weighted by Gasteiger charge is -2.24. The van der Waals surface area contributed by atoms with Crippen molar-refractivity contribution < 1.29 is 9.90 Å². The number of anilines is 1. The van der Waals surface area contributed by atoms with Crippen molar-refractivity contribution in [1.82, 2.24) is 4.90 Å². The van der Waals surface area contributed by atoms with Gasteiger partial charge in [0.05, 0.1) is 6.04 Å². The van der Waals surface area contributed by atoms with Gasteiger partial charge in [0, 0.05) is 12.2 Å². The molecule has 23 heavy (non-hydrogen) atoms. The number of aromatic hydroxyl groups is 1. The summed E-state index contributed by atoms with van der Waals surface area (Å²) in [5, 5.41) is 12.5. The van der Waals surface area contributed by atoms with Gasteiger partial charge in [-0.05, 0) is 55.6 Å². The Morgan fingerprint density at radius 1 is 1.26 bits per heavy atom. The fourth-order valence-corrected chi connectivity index (χ4v) is 3.13. The number of carbonyl (C=O) groups excluding carboxylic acids is 1. The number of benzene rings is 2. The zero-order chi connectivity index (χ0) is 16.2. The molecule has 0 aliphatic carbocycles. The monoisotopic (exact) mass is 310 g/mol. The molecule has 1 aliphatic heterocycles. The Hall–Kier alpha value is -2.33. The molecule has 1 heterocycles. The summed E-state index contributed by atoms with van der Waals surface area (Å²) < 4.78 is 0. The fourth-order valence-electron chi connectivity index (χ4n) is 3.13. The third-order valence-electron chi connectivity index (χ3n) is 4.36. The van der Waals surface area contributed by atoms with Gasteiger partial charge in [0.2, 0.25) is 5.91 Å². The molecule has 120 valence electrons. The first-order valence-electron chi connectivity index (χ1n) is 8.02. The third kappa shape index (κ3) is 3.71. The van der Waals surface area contributed by atoms with Crippen molar-refractivity contribution in [2.75, 3.05) is 11.9 Å². The van der Waals surface area contributed by atoms with Crippen LogP contribution in [-0.4, -0.2) is 28.5 Å². The van der Waals surface area contributed by atoms with E-state index in [9.17, 15) is 9.90 Å². The number of carbonyl (C=O) groups is 1. The second-order valence-corrected chi connectivity index (χ2v) is 6.10. The Morgan fingerprint density at radius 2 is 2.04 bits per heavy atom. The number of aryl methyl sites for hydroxylation is 1. The van der Waals surface area contributed by atoms with Gasteiger partial charge in [-0.25, -0.2) is 0 Å². The number of phenolic OH excluding ortho intramolecular Hbond substituents is 1. The van der Waals surface area contributed by atoms with E-state index in [1.165, 1.54) is 5.56 Å². The second kappa shape index (κ2) is 6.84. The highest BCUT2D eigenvalue weighted by molar-refractivity contribution is 5.95. The molecule has 3 rings (SSSR count). The Labute approximate surface area is 136 Å². The molecule has 0 unspecified atom stereocenters. The van der Waals surface area contributed by atoms with Crippen LogP contribution >= 0.6 is 0 Å². The summed E-state index contributed by atoms with van der Waals surface area (Å²) in [7, 11) is 0. The Kier molecular flexibility index (Phi) is 4.63. The highest BCUT2D eigenvalue weighted by Gasteiger charge is 2.30. The van der Waals surface area contributed by atoms with Crippen molar-refractivity contribution in [3.63, 3.8) is 0 Å². The third-order valence-corrected chi connectivity index (χ3v) is 4.36. The average molecular weight is 310 g/mol. The number of likely N-dealkylation sites (tertiary alicyclic amines) is 1. The Morgan fingerprint density at radius 3 is 2.78 bits per heavy atom. The molecule has 1 amide bonds. The lowest BCUT2D eigenvalue weighted by atomic mass is 10.1. The van der Waals surface area contributed by atoms with Gasteiger partial charge in [-0.3, -0.25) is 9.69 Å². The maximum absolute atomic E-state index is 12.6. The zero-order valence-corrected chi connectivity index (χ0v) is 13.3. The highest BCUT2D eigenvalue weighted by Crippen LogP contribution is 2.24. The number of nitrogens with zero attached hydrogens (tertiary/aromatic N) is 1. The summed E-state index contributed by atoms with van der Waals surface area (Å²) in [6.45, 7) is 3.63. The van der Waals surface area contributed by atoms with Crippen molar-refractivity contribution in [3.05, 3.63) is 59.7 Å². The predicted molar refractivity (Wildman–Crippen MR) is 91.3 cm³/mol. The van der Waals surface area contributed by atoms with Crippen molar-refractivity contribution in [2.45, 2.75) is 32.4 Å². The molecular formula is C19H22N2O2. The summed E-state index contributed by atoms with van der Waals surface area (Å²) in [5.74, 6) is 0.249. The first kappa shape index (κ1) is 15.6. The van der Waals surface area contributed by atoms with Crippen LogP contribution in [0.5, 0.6) is 5.75 Å². The molecule has 1 fully saturated rings. The Bertz CT molecular complexity index is 685. The molecule has 1 atom stereocenters. The van der Waals surface area contributed by atoms with E-state index < -0.39 is 0 Å². The molecule has 1 saturated heterocycles. The molecule has 0 radical (unpaired) electrons. The smallest absolute Gasteiger partial charge is 0.241 e. The van der Waals surface area contributed by atoms with Gasteiger partial charge in [-0.2, -0.15) is 0 Å². The molecule has 1 aliphatic rings. The van der Waals surface area contributed by atoms with E-state index in [0.717, 1.165) is 37.2 Å². The van der Waals surface area contributed by atoms with Gasteiger partial charge in [0.1, 0.15) is 5.75 Å². The summed E-state index contributed by atoms with van der Waals surface area (Å²) in [4.78, 5) is 14.9. The number of hydrogen-bond donors (Lipinski definition) is 2. The van der Waals surface area contributed by atoms with Crippen molar-refractivity contribution in [3.8, 4) is 5.75 Å². The summed E-state index contributed by atoms with van der Waals surface area (Å²) in [6, 6.07) is 15.2. The zero-order valence-electron chi connectivity index (χ0n) is 13.3. The molecule has 0 aromatic heterocycles. The molecule has 4 heteroatoms. The van der Waals surface area contributed by atoms with E-state index in [1.807, 2.05) is 25.1 Å². The number of hydrogen-bond acceptors (Lipinski definition) is 3. The van der Waals surface area contributed by atoms with E-state index in [2.05, 4.69) is 22.3 Å². The first-order valence-corrected chi connectivity index (χ1v) is 8.02. The molecule has 0 saturated carbocycles. The van der Waals surface area contributed by atoms with Crippen LogP contribution in [0.2, 0.25) is 0 Å². The van der Waals surface area contributed by atoms with Crippen LogP contribution in [0.15, 0.2) is 48.5 Å². The standard InChI is InChI=1S/C19H22N2O2/c1-14-12-16(22)9-10-17(14)20-19(23)18-8-5-11-21(18)13-15-6-3-2-4-7-15/h2-4,6-7,9-10,12,18,22H,5,8,11,13H2,1H3,(H,20,23)/t18-/m0/s1. The van der Waals surface area contributed by atoms with Crippen LogP contribution in [-0.2, 0) is 11.3 Å². The number of nitrogens with one attached hydrogen (secondary N) is 1. The van der Waals surface area contributed by atoms with Crippen molar-refractivity contribution >= 4 is 11.6 Å². The van der Waals surface area contributed by atoms with Crippen LogP contribution in [0.25, 0.3) is 0 Å². The molecule has 2 aromatic rings. The van der Waals surface area contributed by atoms with Gasteiger partial charge < -0.3 is 10.4 Å². The van der Waals surface area contributed by atoms with E-state index in [0.29, 0.717) is 0 Å². The maximum atomic E-state index is 12.6. The fraction of sp³-hybridized carbons (Fsp3) is 0.316. The van der Waals surface area contributed by atoms with E-state index in [-0.39, 0.29) is 17.7 Å². The van der Waals surface area contributed by atoms with Crippen LogP contribution in [0.4, 0.5) is 5.69 Å². The first-order chi connectivity index (χ1) is 11.1. The van der Waals surface area contributed by atoms with E-state index in [1.54, 1.807) is 18.2 Å². The molecule has 0 bridgehead atoms. The predicted octanol–water partition coefficient (Wildman–Crippen LogP) is 3.30. The second-order valence-electron chi connectivity index (χ2n) is 6.10. The van der Waals surface area contributed by atoms with Crippen LogP contribution in [0.1, 0.15) is 24.0 Å². The van der Waals surface area contributed by atoms with Crippen molar-refractivity contribution in [1.29, 1.82) is 0 Å². The van der Waals surface area contributed by atoms with Crippen molar-refractivity contribution in [2.24, 2.45) is 0 Å². The van der Waals surface area contributed by atoms with Crippen LogP contribution < -0.4 is 5.32 Å². The quantitative estimate of drug-likeness (QED) is 0.852. The number of rotatable bonds is 4. The van der Waals surface area contributed by atoms with Gasteiger partial charge in [-0.15, -0.1) is 0 Å². The molecule has 4 nitrogen and oxygen atoms in total. The number of phenols is 1. The summed E-state index contributed by atoms with van der Waals surface area (Å²) in [5.41, 5.74) is 2.86. The lowest BCUT2D eigenvalue weighted by Crippen LogP contribution is -2.39. The largest absolute Gasteiger partial charge is 0.508 e. The van der Waals surface area contributed by atoms with Gasteiger partial charge in [0.15, 0.2) is 0 Å². The minimum atomic E-state index is -0.0941. The van der Waals surface area contributed by atoms with Gasteiger partial charge in [0.25, 0.3) is 0 Å². The summed E-state index contributed by atoms with van der Waals surface area (Å²) in [6.07, 6.45) is 1.93. The average Bonchev–Trinajstić information content (AvgIpc) is 2.99. The topological polar surface area (TPSA) is 52.6 Å². The number of amides is 1. The Balaban J connectivity index is 1.68. The van der Waals surface area contributed by atoms with E-state index in [4.69, 9.17) is 0 Å². The van der Waals surface area contributed by atoms with Gasteiger partial charge >= 0.3 is 0 Å². The minimum absolute atomic E-state index is 0.0345. The van der Waals surface area contributed by atoms with E-state index >= 15 is 0 Å². The molecule has 0 spiro atoms. The molecule has 2 aromatic carbocycles. The normalized spacial score (nSPS) is 18.0. The van der Waals surface area contributed by atoms with Crippen LogP contribution in [0.3, 0.4) is 0 Å².